The van der Waals surface area contributed by atoms with Gasteiger partial charge in [0.2, 0.25) is 0 Å². The molecule has 0 aliphatic heterocycles. The SMILES string of the molecule is CCCCNC(=O)OCCN(CCOC(=O)NCCCC)CC(N)c1cccc(Cl)c1. The smallest absolute Gasteiger partial charge is 0.407 e. The number of halogens is 1. The van der Waals surface area contributed by atoms with E-state index in [1.54, 1.807) is 6.07 Å². The Kier molecular flexibility index (Phi) is 14.5. The molecule has 176 valence electrons. The molecule has 0 aliphatic rings. The van der Waals surface area contributed by atoms with E-state index in [1.807, 2.05) is 23.1 Å². The van der Waals surface area contributed by atoms with Gasteiger partial charge in [0.25, 0.3) is 0 Å². The topological polar surface area (TPSA) is 106 Å². The largest absolute Gasteiger partial charge is 0.448 e. The van der Waals surface area contributed by atoms with Crippen molar-refractivity contribution in [3.05, 3.63) is 34.9 Å². The second kappa shape index (κ2) is 16.6. The summed E-state index contributed by atoms with van der Waals surface area (Å²) < 4.78 is 10.5. The summed E-state index contributed by atoms with van der Waals surface area (Å²) in [7, 11) is 0. The molecule has 0 saturated carbocycles. The van der Waals surface area contributed by atoms with Gasteiger partial charge in [0.15, 0.2) is 0 Å². The zero-order valence-electron chi connectivity index (χ0n) is 18.7. The number of rotatable bonds is 15. The van der Waals surface area contributed by atoms with Crippen LogP contribution in [-0.2, 0) is 9.47 Å². The molecule has 0 saturated heterocycles. The van der Waals surface area contributed by atoms with E-state index in [1.165, 1.54) is 0 Å². The third kappa shape index (κ3) is 13.1. The molecule has 31 heavy (non-hydrogen) atoms. The van der Waals surface area contributed by atoms with Crippen molar-refractivity contribution in [1.29, 1.82) is 0 Å². The molecule has 9 heteroatoms. The van der Waals surface area contributed by atoms with E-state index < -0.39 is 12.2 Å². The lowest BCUT2D eigenvalue weighted by atomic mass is 10.1. The highest BCUT2D eigenvalue weighted by atomic mass is 35.5. The first-order valence-electron chi connectivity index (χ1n) is 11.0. The van der Waals surface area contributed by atoms with Crippen LogP contribution in [0.15, 0.2) is 24.3 Å². The Balaban J connectivity index is 2.51. The van der Waals surface area contributed by atoms with Gasteiger partial charge in [-0.1, -0.05) is 50.4 Å². The molecule has 0 heterocycles. The highest BCUT2D eigenvalue weighted by Gasteiger charge is 2.15. The number of carbonyl (C=O) groups is 2. The molecule has 0 bridgehead atoms. The molecule has 1 unspecified atom stereocenters. The van der Waals surface area contributed by atoms with Gasteiger partial charge in [-0.2, -0.15) is 0 Å². The van der Waals surface area contributed by atoms with E-state index in [9.17, 15) is 9.59 Å². The van der Waals surface area contributed by atoms with Gasteiger partial charge < -0.3 is 25.8 Å². The number of nitrogens with one attached hydrogen (secondary N) is 2. The molecule has 1 aromatic rings. The van der Waals surface area contributed by atoms with Crippen molar-refractivity contribution in [2.45, 2.75) is 45.6 Å². The van der Waals surface area contributed by atoms with Gasteiger partial charge in [-0.15, -0.1) is 0 Å². The normalized spacial score (nSPS) is 11.8. The fraction of sp³-hybridized carbons (Fsp3) is 0.636. The zero-order chi connectivity index (χ0) is 22.9. The van der Waals surface area contributed by atoms with Crippen molar-refractivity contribution in [3.63, 3.8) is 0 Å². The molecule has 1 rings (SSSR count). The van der Waals surface area contributed by atoms with Gasteiger partial charge in [-0.25, -0.2) is 9.59 Å². The second-order valence-electron chi connectivity index (χ2n) is 7.29. The van der Waals surface area contributed by atoms with Gasteiger partial charge in [0.1, 0.15) is 13.2 Å². The summed E-state index contributed by atoms with van der Waals surface area (Å²) >= 11 is 6.07. The lowest BCUT2D eigenvalue weighted by molar-refractivity contribution is 0.104. The number of nitrogens with zero attached hydrogens (tertiary/aromatic N) is 1. The van der Waals surface area contributed by atoms with E-state index in [0.29, 0.717) is 37.7 Å². The van der Waals surface area contributed by atoms with Crippen LogP contribution in [0.1, 0.15) is 51.1 Å². The number of carbonyl (C=O) groups excluding carboxylic acids is 2. The van der Waals surface area contributed by atoms with Crippen molar-refractivity contribution >= 4 is 23.8 Å². The van der Waals surface area contributed by atoms with Gasteiger partial charge >= 0.3 is 12.2 Å². The zero-order valence-corrected chi connectivity index (χ0v) is 19.5. The lowest BCUT2D eigenvalue weighted by Crippen LogP contribution is -2.39. The molecule has 8 nitrogen and oxygen atoms in total. The Hall–Kier alpha value is -2.03. The molecule has 0 spiro atoms. The Morgan fingerprint density at radius 1 is 1.03 bits per heavy atom. The third-order valence-electron chi connectivity index (χ3n) is 4.61. The molecular formula is C22H37ClN4O4. The Morgan fingerprint density at radius 3 is 2.06 bits per heavy atom. The quantitative estimate of drug-likeness (QED) is 0.347. The van der Waals surface area contributed by atoms with Crippen molar-refractivity contribution in [1.82, 2.24) is 15.5 Å². The summed E-state index contributed by atoms with van der Waals surface area (Å²) in [6.07, 6.45) is 2.96. The first-order valence-corrected chi connectivity index (χ1v) is 11.4. The molecule has 0 aromatic heterocycles. The van der Waals surface area contributed by atoms with E-state index in [0.717, 1.165) is 31.2 Å². The minimum atomic E-state index is -0.431. The summed E-state index contributed by atoms with van der Waals surface area (Å²) in [5.74, 6) is 0. The van der Waals surface area contributed by atoms with E-state index in [-0.39, 0.29) is 19.3 Å². The number of hydrogen-bond acceptors (Lipinski definition) is 6. The highest BCUT2D eigenvalue weighted by Crippen LogP contribution is 2.17. The van der Waals surface area contributed by atoms with Gasteiger partial charge in [-0.05, 0) is 30.5 Å². The first-order chi connectivity index (χ1) is 15.0. The molecule has 4 N–H and O–H groups in total. The van der Waals surface area contributed by atoms with Crippen LogP contribution < -0.4 is 16.4 Å². The predicted molar refractivity (Wildman–Crippen MR) is 123 cm³/mol. The van der Waals surface area contributed by atoms with E-state index in [4.69, 9.17) is 26.8 Å². The minimum Gasteiger partial charge on any atom is -0.448 e. The summed E-state index contributed by atoms with van der Waals surface area (Å²) in [5, 5.41) is 6.06. The van der Waals surface area contributed by atoms with Crippen LogP contribution in [0, 0.1) is 0 Å². The fourth-order valence-electron chi connectivity index (χ4n) is 2.79. The lowest BCUT2D eigenvalue weighted by Gasteiger charge is -2.25. The summed E-state index contributed by atoms with van der Waals surface area (Å²) in [5.41, 5.74) is 7.26. The maximum atomic E-state index is 11.7. The van der Waals surface area contributed by atoms with Crippen LogP contribution in [0.25, 0.3) is 0 Å². The number of nitrogens with two attached hydrogens (primary N) is 1. The Morgan fingerprint density at radius 2 is 1.58 bits per heavy atom. The van der Waals surface area contributed by atoms with Crippen LogP contribution in [-0.4, -0.2) is 63.0 Å². The molecule has 0 fully saturated rings. The van der Waals surface area contributed by atoms with Crippen LogP contribution in [0.3, 0.4) is 0 Å². The summed E-state index contributed by atoms with van der Waals surface area (Å²) in [6.45, 7) is 7.17. The molecule has 1 aromatic carbocycles. The van der Waals surface area contributed by atoms with Crippen molar-refractivity contribution in [2.75, 3.05) is 45.9 Å². The molecule has 0 radical (unpaired) electrons. The molecular weight excluding hydrogens is 420 g/mol. The van der Waals surface area contributed by atoms with E-state index in [2.05, 4.69) is 24.5 Å². The van der Waals surface area contributed by atoms with Crippen molar-refractivity contribution in [2.24, 2.45) is 5.73 Å². The van der Waals surface area contributed by atoms with Gasteiger partial charge in [0, 0.05) is 43.8 Å². The van der Waals surface area contributed by atoms with Crippen LogP contribution >= 0.6 is 11.6 Å². The molecule has 2 amide bonds. The Labute approximate surface area is 190 Å². The number of benzene rings is 1. The summed E-state index contributed by atoms with van der Waals surface area (Å²) in [4.78, 5) is 25.5. The standard InChI is InChI=1S/C22H37ClN4O4/c1-3-5-10-25-21(28)30-14-12-27(13-15-31-22(29)26-11-6-4-2)17-20(24)18-8-7-9-19(23)16-18/h7-9,16,20H,3-6,10-15,17,24H2,1-2H3,(H,25,28)(H,26,29). The van der Waals surface area contributed by atoms with Crippen LogP contribution in [0.4, 0.5) is 9.59 Å². The average molecular weight is 457 g/mol. The maximum Gasteiger partial charge on any atom is 0.407 e. The van der Waals surface area contributed by atoms with Crippen molar-refractivity contribution < 1.29 is 19.1 Å². The minimum absolute atomic E-state index is 0.211. The van der Waals surface area contributed by atoms with E-state index >= 15 is 0 Å². The fourth-order valence-corrected chi connectivity index (χ4v) is 2.99. The predicted octanol–water partition coefficient (Wildman–Crippen LogP) is 3.69. The number of amides is 2. The highest BCUT2D eigenvalue weighted by molar-refractivity contribution is 6.30. The number of hydrogen-bond donors (Lipinski definition) is 3. The molecule has 0 aliphatic carbocycles. The van der Waals surface area contributed by atoms with Crippen molar-refractivity contribution in [3.8, 4) is 0 Å². The number of alkyl carbamates (subject to hydrolysis) is 2. The second-order valence-corrected chi connectivity index (χ2v) is 7.73. The third-order valence-corrected chi connectivity index (χ3v) is 4.85. The number of ether oxygens (including phenoxy) is 2. The average Bonchev–Trinajstić information content (AvgIpc) is 2.74. The monoisotopic (exact) mass is 456 g/mol. The maximum absolute atomic E-state index is 11.7. The summed E-state index contributed by atoms with van der Waals surface area (Å²) in [6, 6.07) is 7.13. The van der Waals surface area contributed by atoms with Crippen LogP contribution in [0.5, 0.6) is 0 Å². The molecule has 1 atom stereocenters. The first kappa shape index (κ1) is 27.0. The number of unbranched alkanes of at least 4 members (excludes halogenated alkanes) is 2. The Bertz CT molecular complexity index is 620. The van der Waals surface area contributed by atoms with Gasteiger partial charge in [0.05, 0.1) is 0 Å². The van der Waals surface area contributed by atoms with Crippen LogP contribution in [0.2, 0.25) is 5.02 Å². The van der Waals surface area contributed by atoms with Gasteiger partial charge in [-0.3, -0.25) is 4.90 Å².